The number of nitrogens with zero attached hydrogens (tertiary/aromatic N) is 2. The second-order valence-electron chi connectivity index (χ2n) is 9.94. The monoisotopic (exact) mass is 546 g/mol. The summed E-state index contributed by atoms with van der Waals surface area (Å²) in [6, 6.07) is 34.9. The molecular formula is C34H34N4OS. The van der Waals surface area contributed by atoms with E-state index < -0.39 is 0 Å². The fourth-order valence-corrected chi connectivity index (χ4v) is 5.41. The van der Waals surface area contributed by atoms with Crippen molar-refractivity contribution in [3.05, 3.63) is 142 Å². The molecular weight excluding hydrogens is 512 g/mol. The minimum atomic E-state index is -0.0895. The molecule has 0 saturated carbocycles. The highest BCUT2D eigenvalue weighted by atomic mass is 32.1. The number of hydrogen-bond donors (Lipinski definition) is 2. The zero-order chi connectivity index (χ0) is 27.7. The molecule has 1 heterocycles. The van der Waals surface area contributed by atoms with Crippen LogP contribution >= 0.6 is 11.3 Å². The maximum Gasteiger partial charge on any atom is 0.251 e. The van der Waals surface area contributed by atoms with E-state index in [-0.39, 0.29) is 5.91 Å². The van der Waals surface area contributed by atoms with Gasteiger partial charge in [-0.3, -0.25) is 4.79 Å². The number of nitrogens with two attached hydrogens (primary N) is 1. The summed E-state index contributed by atoms with van der Waals surface area (Å²) >= 11 is 1.67. The van der Waals surface area contributed by atoms with E-state index in [0.29, 0.717) is 25.2 Å². The molecule has 40 heavy (non-hydrogen) atoms. The standard InChI is InChI=1S/C34H34N4OS/c1-25-10-14-30(15-11-25)32-24-40-34(37-32)38(19-18-26-6-3-2-4-7-26)23-27-12-16-31(17-13-27)33(39)36-22-29-9-5-8-28(20-29)21-35/h2-17,20,24H,18-19,21-23,35H2,1H3,(H,36,39). The molecule has 0 bridgehead atoms. The van der Waals surface area contributed by atoms with Crippen molar-refractivity contribution in [1.29, 1.82) is 0 Å². The fourth-order valence-electron chi connectivity index (χ4n) is 4.55. The first-order valence-corrected chi connectivity index (χ1v) is 14.4. The Morgan fingerprint density at radius 3 is 2.33 bits per heavy atom. The zero-order valence-corrected chi connectivity index (χ0v) is 23.5. The number of amides is 1. The maximum absolute atomic E-state index is 12.8. The number of aromatic nitrogens is 1. The van der Waals surface area contributed by atoms with Crippen molar-refractivity contribution in [1.82, 2.24) is 10.3 Å². The molecule has 1 aromatic heterocycles. The molecule has 6 heteroatoms. The van der Waals surface area contributed by atoms with E-state index in [1.807, 2.05) is 54.6 Å². The van der Waals surface area contributed by atoms with Gasteiger partial charge in [0.15, 0.2) is 5.13 Å². The van der Waals surface area contributed by atoms with Crippen LogP contribution < -0.4 is 16.0 Å². The lowest BCUT2D eigenvalue weighted by Crippen LogP contribution is -2.25. The Morgan fingerprint density at radius 1 is 0.850 bits per heavy atom. The first-order valence-electron chi connectivity index (χ1n) is 13.5. The molecule has 5 rings (SSSR count). The molecule has 0 aliphatic heterocycles. The molecule has 0 aliphatic rings. The Bertz CT molecular complexity index is 1530. The van der Waals surface area contributed by atoms with Crippen LogP contribution in [0.4, 0.5) is 5.13 Å². The van der Waals surface area contributed by atoms with Gasteiger partial charge in [-0.05, 0) is 47.7 Å². The molecule has 3 N–H and O–H groups in total. The Labute approximate surface area is 240 Å². The van der Waals surface area contributed by atoms with Gasteiger partial charge < -0.3 is 16.0 Å². The molecule has 5 nitrogen and oxygen atoms in total. The zero-order valence-electron chi connectivity index (χ0n) is 22.7. The number of thiazole rings is 1. The minimum absolute atomic E-state index is 0.0895. The Morgan fingerprint density at radius 2 is 1.57 bits per heavy atom. The molecule has 4 aromatic carbocycles. The van der Waals surface area contributed by atoms with Crippen molar-refractivity contribution < 1.29 is 4.79 Å². The summed E-state index contributed by atoms with van der Waals surface area (Å²) in [5.41, 5.74) is 14.3. The number of hydrogen-bond acceptors (Lipinski definition) is 5. The van der Waals surface area contributed by atoms with E-state index >= 15 is 0 Å². The molecule has 0 atom stereocenters. The van der Waals surface area contributed by atoms with Crippen molar-refractivity contribution in [2.24, 2.45) is 5.73 Å². The van der Waals surface area contributed by atoms with Gasteiger partial charge >= 0.3 is 0 Å². The van der Waals surface area contributed by atoms with Crippen molar-refractivity contribution in [2.75, 3.05) is 11.4 Å². The lowest BCUT2D eigenvalue weighted by Gasteiger charge is -2.22. The van der Waals surface area contributed by atoms with E-state index in [0.717, 1.165) is 46.0 Å². The molecule has 0 saturated heterocycles. The van der Waals surface area contributed by atoms with Crippen molar-refractivity contribution in [2.45, 2.75) is 33.0 Å². The van der Waals surface area contributed by atoms with Crippen LogP contribution in [-0.4, -0.2) is 17.4 Å². The average molecular weight is 547 g/mol. The first-order chi connectivity index (χ1) is 19.6. The third kappa shape index (κ3) is 7.23. The van der Waals surface area contributed by atoms with Gasteiger partial charge in [-0.1, -0.05) is 96.6 Å². The maximum atomic E-state index is 12.8. The van der Waals surface area contributed by atoms with Crippen molar-refractivity contribution in [3.63, 3.8) is 0 Å². The third-order valence-electron chi connectivity index (χ3n) is 6.89. The van der Waals surface area contributed by atoms with E-state index in [1.165, 1.54) is 11.1 Å². The van der Waals surface area contributed by atoms with E-state index in [2.05, 4.69) is 71.1 Å². The number of nitrogens with one attached hydrogen (secondary N) is 1. The Balaban J connectivity index is 1.28. The van der Waals surface area contributed by atoms with Gasteiger partial charge in [0.2, 0.25) is 0 Å². The number of benzene rings is 4. The fraction of sp³-hybridized carbons (Fsp3) is 0.176. The highest BCUT2D eigenvalue weighted by Gasteiger charge is 2.14. The van der Waals surface area contributed by atoms with Gasteiger partial charge in [-0.2, -0.15) is 0 Å². The van der Waals surface area contributed by atoms with Crippen LogP contribution in [0, 0.1) is 6.92 Å². The van der Waals surface area contributed by atoms with Gasteiger partial charge in [-0.25, -0.2) is 4.98 Å². The summed E-state index contributed by atoms with van der Waals surface area (Å²) in [5.74, 6) is -0.0895. The molecule has 0 radical (unpaired) electrons. The molecule has 202 valence electrons. The summed E-state index contributed by atoms with van der Waals surface area (Å²) in [7, 11) is 0. The van der Waals surface area contributed by atoms with Crippen LogP contribution in [0.3, 0.4) is 0 Å². The summed E-state index contributed by atoms with van der Waals surface area (Å²) < 4.78 is 0. The summed E-state index contributed by atoms with van der Waals surface area (Å²) in [6.07, 6.45) is 0.923. The van der Waals surface area contributed by atoms with E-state index in [4.69, 9.17) is 10.7 Å². The van der Waals surface area contributed by atoms with Crippen LogP contribution in [0.1, 0.15) is 38.2 Å². The average Bonchev–Trinajstić information content (AvgIpc) is 3.49. The predicted molar refractivity (Wildman–Crippen MR) is 165 cm³/mol. The molecule has 5 aromatic rings. The van der Waals surface area contributed by atoms with Crippen LogP contribution in [-0.2, 0) is 26.1 Å². The topological polar surface area (TPSA) is 71.2 Å². The normalized spacial score (nSPS) is 10.8. The second-order valence-corrected chi connectivity index (χ2v) is 10.8. The number of aryl methyl sites for hydroxylation is 1. The first kappa shape index (κ1) is 27.3. The lowest BCUT2D eigenvalue weighted by atomic mass is 10.1. The molecule has 1 amide bonds. The second kappa shape index (κ2) is 13.2. The highest BCUT2D eigenvalue weighted by molar-refractivity contribution is 7.14. The number of rotatable bonds is 11. The Kier molecular flexibility index (Phi) is 9.01. The third-order valence-corrected chi connectivity index (χ3v) is 7.79. The largest absolute Gasteiger partial charge is 0.348 e. The lowest BCUT2D eigenvalue weighted by molar-refractivity contribution is 0.0951. The van der Waals surface area contributed by atoms with Crippen LogP contribution in [0.25, 0.3) is 11.3 Å². The molecule has 0 spiro atoms. The van der Waals surface area contributed by atoms with Gasteiger partial charge in [0.1, 0.15) is 0 Å². The van der Waals surface area contributed by atoms with Crippen molar-refractivity contribution in [3.8, 4) is 11.3 Å². The van der Waals surface area contributed by atoms with Crippen LogP contribution in [0.2, 0.25) is 0 Å². The summed E-state index contributed by atoms with van der Waals surface area (Å²) in [6.45, 7) is 4.60. The number of carbonyl (C=O) groups is 1. The van der Waals surface area contributed by atoms with Gasteiger partial charge in [0.25, 0.3) is 5.91 Å². The predicted octanol–water partition coefficient (Wildman–Crippen LogP) is 6.76. The quantitative estimate of drug-likeness (QED) is 0.192. The Hall–Kier alpha value is -4.26. The highest BCUT2D eigenvalue weighted by Crippen LogP contribution is 2.29. The summed E-state index contributed by atoms with van der Waals surface area (Å²) in [4.78, 5) is 20.1. The van der Waals surface area contributed by atoms with Gasteiger partial charge in [-0.15, -0.1) is 11.3 Å². The smallest absolute Gasteiger partial charge is 0.251 e. The van der Waals surface area contributed by atoms with Gasteiger partial charge in [0.05, 0.1) is 5.69 Å². The SMILES string of the molecule is Cc1ccc(-c2csc(N(CCc3ccccc3)Cc3ccc(C(=O)NCc4cccc(CN)c4)cc3)n2)cc1. The van der Waals surface area contributed by atoms with Gasteiger partial charge in [0, 0.05) is 42.7 Å². The molecule has 0 unspecified atom stereocenters. The molecule has 0 fully saturated rings. The number of carbonyl (C=O) groups excluding carboxylic acids is 1. The molecule has 0 aliphatic carbocycles. The van der Waals surface area contributed by atoms with Crippen molar-refractivity contribution >= 4 is 22.4 Å². The van der Waals surface area contributed by atoms with E-state index in [9.17, 15) is 4.79 Å². The van der Waals surface area contributed by atoms with Crippen LogP contribution in [0.15, 0.2) is 109 Å². The van der Waals surface area contributed by atoms with E-state index in [1.54, 1.807) is 11.3 Å². The van der Waals surface area contributed by atoms with Crippen LogP contribution in [0.5, 0.6) is 0 Å². The minimum Gasteiger partial charge on any atom is -0.348 e. The summed E-state index contributed by atoms with van der Waals surface area (Å²) in [5, 5.41) is 6.14. The number of anilines is 1.